The molecule has 3 saturated heterocycles. The zero-order valence-corrected chi connectivity index (χ0v) is 11.2. The Morgan fingerprint density at radius 3 is 2.74 bits per heavy atom. The molecule has 1 N–H and O–H groups in total. The summed E-state index contributed by atoms with van der Waals surface area (Å²) in [4.78, 5) is 24.5. The van der Waals surface area contributed by atoms with Crippen molar-refractivity contribution in [1.29, 1.82) is 0 Å². The van der Waals surface area contributed by atoms with Crippen LogP contribution in [0.3, 0.4) is 0 Å². The van der Waals surface area contributed by atoms with Gasteiger partial charge in [-0.3, -0.25) is 9.59 Å². The van der Waals surface area contributed by atoms with Gasteiger partial charge >= 0.3 is 0 Å². The normalized spacial score (nSPS) is 29.5. The molecule has 19 heavy (non-hydrogen) atoms. The molecule has 3 aliphatic rings. The standard InChI is InChI=1S/C14H15ClN2O2/c15-14-8-6-11(12(18)16-14)17(13(14)19)9-7-10-4-2-1-3-5-10/h1-5,11H,6-9H2,(H,16,18)/t11-,14-/m1/s1. The predicted octanol–water partition coefficient (Wildman–Crippen LogP) is 1.28. The van der Waals surface area contributed by atoms with Crippen molar-refractivity contribution in [3.05, 3.63) is 35.9 Å². The van der Waals surface area contributed by atoms with Crippen molar-refractivity contribution in [3.8, 4) is 0 Å². The summed E-state index contributed by atoms with van der Waals surface area (Å²) in [5.74, 6) is -0.296. The molecule has 4 rings (SSSR count). The highest BCUT2D eigenvalue weighted by Crippen LogP contribution is 2.35. The molecule has 0 saturated carbocycles. The average Bonchev–Trinajstić information content (AvgIpc) is 2.41. The largest absolute Gasteiger partial charge is 0.328 e. The Labute approximate surface area is 116 Å². The number of carbonyl (C=O) groups is 2. The van der Waals surface area contributed by atoms with Gasteiger partial charge in [-0.1, -0.05) is 41.9 Å². The summed E-state index contributed by atoms with van der Waals surface area (Å²) < 4.78 is 0. The first-order valence-electron chi connectivity index (χ1n) is 6.46. The Morgan fingerprint density at radius 1 is 1.32 bits per heavy atom. The number of rotatable bonds is 3. The molecular formula is C14H15ClN2O2. The van der Waals surface area contributed by atoms with Gasteiger partial charge < -0.3 is 10.2 Å². The number of carbonyl (C=O) groups excluding carboxylic acids is 2. The van der Waals surface area contributed by atoms with E-state index in [1.54, 1.807) is 4.90 Å². The Morgan fingerprint density at radius 2 is 2.05 bits per heavy atom. The van der Waals surface area contributed by atoms with Gasteiger partial charge in [-0.15, -0.1) is 0 Å². The second kappa shape index (κ2) is 4.53. The van der Waals surface area contributed by atoms with E-state index in [-0.39, 0.29) is 17.9 Å². The van der Waals surface area contributed by atoms with E-state index in [2.05, 4.69) is 5.32 Å². The molecule has 5 heteroatoms. The molecule has 3 aliphatic heterocycles. The van der Waals surface area contributed by atoms with Gasteiger partial charge in [0.05, 0.1) is 0 Å². The van der Waals surface area contributed by atoms with Gasteiger partial charge in [0.2, 0.25) is 5.91 Å². The van der Waals surface area contributed by atoms with E-state index in [0.29, 0.717) is 19.4 Å². The molecule has 2 bridgehead atoms. The summed E-state index contributed by atoms with van der Waals surface area (Å²) in [5, 5.41) is 2.61. The summed E-state index contributed by atoms with van der Waals surface area (Å²) in [6.07, 6.45) is 1.91. The van der Waals surface area contributed by atoms with Crippen LogP contribution in [0.1, 0.15) is 18.4 Å². The predicted molar refractivity (Wildman–Crippen MR) is 71.6 cm³/mol. The molecule has 0 spiro atoms. The van der Waals surface area contributed by atoms with E-state index in [1.165, 1.54) is 0 Å². The molecule has 100 valence electrons. The third kappa shape index (κ3) is 2.10. The molecule has 0 radical (unpaired) electrons. The maximum absolute atomic E-state index is 12.3. The van der Waals surface area contributed by atoms with Crippen molar-refractivity contribution in [2.24, 2.45) is 0 Å². The number of hydrogen-bond donors (Lipinski definition) is 1. The van der Waals surface area contributed by atoms with Crippen LogP contribution in [0, 0.1) is 0 Å². The smallest absolute Gasteiger partial charge is 0.264 e. The lowest BCUT2D eigenvalue weighted by molar-refractivity contribution is -0.156. The third-order valence-corrected chi connectivity index (χ3v) is 4.29. The van der Waals surface area contributed by atoms with Crippen molar-refractivity contribution < 1.29 is 9.59 Å². The highest BCUT2D eigenvalue weighted by molar-refractivity contribution is 6.37. The number of hydrogen-bond acceptors (Lipinski definition) is 2. The van der Waals surface area contributed by atoms with E-state index in [0.717, 1.165) is 12.0 Å². The molecule has 0 aromatic heterocycles. The molecule has 0 aliphatic carbocycles. The average molecular weight is 279 g/mol. The summed E-state index contributed by atoms with van der Waals surface area (Å²) in [6.45, 7) is 0.537. The van der Waals surface area contributed by atoms with Crippen LogP contribution in [-0.4, -0.2) is 34.3 Å². The Hall–Kier alpha value is -1.55. The summed E-state index contributed by atoms with van der Waals surface area (Å²) >= 11 is 6.20. The molecule has 0 unspecified atom stereocenters. The summed E-state index contributed by atoms with van der Waals surface area (Å²) in [6, 6.07) is 9.58. The van der Waals surface area contributed by atoms with Crippen LogP contribution in [0.15, 0.2) is 30.3 Å². The van der Waals surface area contributed by atoms with Crippen LogP contribution in [-0.2, 0) is 16.0 Å². The highest BCUT2D eigenvalue weighted by Gasteiger charge is 2.54. The molecule has 1 aromatic carbocycles. The van der Waals surface area contributed by atoms with E-state index in [9.17, 15) is 9.59 Å². The number of alkyl halides is 1. The SMILES string of the molecule is O=C1N[C@]2(Cl)CC[C@H]1N(CCc1ccccc1)C2=O. The number of halogens is 1. The topological polar surface area (TPSA) is 49.4 Å². The number of fused-ring (bicyclic) bond motifs is 3. The van der Waals surface area contributed by atoms with Gasteiger partial charge in [0.25, 0.3) is 5.91 Å². The van der Waals surface area contributed by atoms with Crippen LogP contribution in [0.25, 0.3) is 0 Å². The lowest BCUT2D eigenvalue weighted by Gasteiger charge is -2.48. The van der Waals surface area contributed by atoms with Crippen molar-refractivity contribution in [1.82, 2.24) is 10.2 Å². The highest BCUT2D eigenvalue weighted by atomic mass is 35.5. The maximum Gasteiger partial charge on any atom is 0.264 e. The number of piperidine rings is 2. The Kier molecular flexibility index (Phi) is 2.97. The number of benzene rings is 1. The van der Waals surface area contributed by atoms with Crippen LogP contribution in [0.5, 0.6) is 0 Å². The molecule has 4 nitrogen and oxygen atoms in total. The monoisotopic (exact) mass is 278 g/mol. The molecule has 2 atom stereocenters. The minimum Gasteiger partial charge on any atom is -0.328 e. The molecule has 2 amide bonds. The second-order valence-electron chi connectivity index (χ2n) is 5.08. The first-order valence-corrected chi connectivity index (χ1v) is 6.84. The quantitative estimate of drug-likeness (QED) is 0.669. The fraction of sp³-hybridized carbons (Fsp3) is 0.429. The molecule has 1 aromatic rings. The second-order valence-corrected chi connectivity index (χ2v) is 5.72. The number of amides is 2. The van der Waals surface area contributed by atoms with Crippen LogP contribution >= 0.6 is 11.6 Å². The van der Waals surface area contributed by atoms with E-state index < -0.39 is 5.00 Å². The van der Waals surface area contributed by atoms with Crippen molar-refractivity contribution in [2.45, 2.75) is 30.3 Å². The zero-order chi connectivity index (χ0) is 13.5. The van der Waals surface area contributed by atoms with Crippen LogP contribution in [0.4, 0.5) is 0 Å². The van der Waals surface area contributed by atoms with Gasteiger partial charge in [0, 0.05) is 6.54 Å². The van der Waals surface area contributed by atoms with Crippen molar-refractivity contribution in [2.75, 3.05) is 6.54 Å². The minimum atomic E-state index is -1.21. The minimum absolute atomic E-state index is 0.131. The van der Waals surface area contributed by atoms with Gasteiger partial charge in [-0.25, -0.2) is 0 Å². The number of nitrogens with zero attached hydrogens (tertiary/aromatic N) is 1. The van der Waals surface area contributed by atoms with Gasteiger partial charge in [-0.05, 0) is 24.8 Å². The Bertz CT molecular complexity index is 519. The Balaban J connectivity index is 1.74. The first-order chi connectivity index (χ1) is 9.10. The van der Waals surface area contributed by atoms with Gasteiger partial charge in [0.15, 0.2) is 5.00 Å². The van der Waals surface area contributed by atoms with Crippen LogP contribution < -0.4 is 5.32 Å². The van der Waals surface area contributed by atoms with Crippen molar-refractivity contribution >= 4 is 23.4 Å². The molecular weight excluding hydrogens is 264 g/mol. The maximum atomic E-state index is 12.3. The molecule has 3 fully saturated rings. The van der Waals surface area contributed by atoms with E-state index >= 15 is 0 Å². The first kappa shape index (κ1) is 12.5. The zero-order valence-electron chi connectivity index (χ0n) is 10.4. The van der Waals surface area contributed by atoms with Crippen LogP contribution in [0.2, 0.25) is 0 Å². The fourth-order valence-corrected chi connectivity index (χ4v) is 3.10. The van der Waals surface area contributed by atoms with Gasteiger partial charge in [-0.2, -0.15) is 0 Å². The van der Waals surface area contributed by atoms with E-state index in [4.69, 9.17) is 11.6 Å². The summed E-state index contributed by atoms with van der Waals surface area (Å²) in [5.41, 5.74) is 1.15. The lowest BCUT2D eigenvalue weighted by Crippen LogP contribution is -2.72. The number of piperazine rings is 1. The third-order valence-electron chi connectivity index (χ3n) is 3.85. The number of nitrogens with one attached hydrogen (secondary N) is 1. The molecule has 3 heterocycles. The lowest BCUT2D eigenvalue weighted by atomic mass is 9.90. The summed E-state index contributed by atoms with van der Waals surface area (Å²) in [7, 11) is 0. The fourth-order valence-electron chi connectivity index (χ4n) is 2.79. The van der Waals surface area contributed by atoms with Gasteiger partial charge in [0.1, 0.15) is 6.04 Å². The van der Waals surface area contributed by atoms with Crippen molar-refractivity contribution in [3.63, 3.8) is 0 Å². The van der Waals surface area contributed by atoms with E-state index in [1.807, 2.05) is 30.3 Å².